The van der Waals surface area contributed by atoms with E-state index in [1.165, 1.54) is 24.3 Å². The molecule has 0 radical (unpaired) electrons. The van der Waals surface area contributed by atoms with E-state index >= 15 is 0 Å². The summed E-state index contributed by atoms with van der Waals surface area (Å²) in [5, 5.41) is 8.42. The third-order valence-corrected chi connectivity index (χ3v) is 2.88. The standard InChI is InChI=1S/C11H8F7N5/c12-9(13,10(14,15)11(16,17)18)8-20-21-22-23(8)5-6-1-3-7(19)4-2-6/h1-4H,5,19H2. The van der Waals surface area contributed by atoms with Crippen LogP contribution in [0.1, 0.15) is 11.4 Å². The maximum atomic E-state index is 13.6. The van der Waals surface area contributed by atoms with Gasteiger partial charge in [-0.15, -0.1) is 5.10 Å². The molecule has 0 aliphatic rings. The molecule has 0 atom stereocenters. The molecule has 2 aromatic rings. The minimum atomic E-state index is -6.46. The maximum absolute atomic E-state index is 13.6. The Labute approximate surface area is 123 Å². The van der Waals surface area contributed by atoms with Crippen molar-refractivity contribution in [3.63, 3.8) is 0 Å². The first-order valence-corrected chi connectivity index (χ1v) is 5.90. The molecule has 1 aromatic heterocycles. The lowest BCUT2D eigenvalue weighted by atomic mass is 10.1. The van der Waals surface area contributed by atoms with Crippen LogP contribution in [-0.4, -0.2) is 32.3 Å². The molecule has 0 spiro atoms. The van der Waals surface area contributed by atoms with Crippen molar-refractivity contribution in [2.75, 3.05) is 5.73 Å². The molecule has 126 valence electrons. The summed E-state index contributed by atoms with van der Waals surface area (Å²) in [6.45, 7) is -0.536. The third kappa shape index (κ3) is 2.92. The van der Waals surface area contributed by atoms with E-state index in [1.54, 1.807) is 0 Å². The van der Waals surface area contributed by atoms with E-state index in [1.807, 2.05) is 0 Å². The van der Waals surface area contributed by atoms with Crippen molar-refractivity contribution in [3.8, 4) is 0 Å². The Morgan fingerprint density at radius 1 is 0.957 bits per heavy atom. The lowest BCUT2D eigenvalue weighted by Crippen LogP contribution is -2.51. The molecule has 2 N–H and O–H groups in total. The second-order valence-corrected chi connectivity index (χ2v) is 4.55. The fourth-order valence-electron chi connectivity index (χ4n) is 1.65. The Balaban J connectivity index is 2.38. The van der Waals surface area contributed by atoms with Gasteiger partial charge in [-0.2, -0.15) is 30.7 Å². The van der Waals surface area contributed by atoms with Gasteiger partial charge in [0, 0.05) is 5.69 Å². The van der Waals surface area contributed by atoms with Crippen LogP contribution in [0.2, 0.25) is 0 Å². The molecular formula is C11H8F7N5. The van der Waals surface area contributed by atoms with E-state index in [0.717, 1.165) is 0 Å². The van der Waals surface area contributed by atoms with E-state index in [0.29, 0.717) is 5.69 Å². The number of anilines is 1. The van der Waals surface area contributed by atoms with E-state index < -0.39 is 30.4 Å². The fourth-order valence-corrected chi connectivity index (χ4v) is 1.65. The van der Waals surface area contributed by atoms with Crippen LogP contribution in [-0.2, 0) is 12.5 Å². The number of benzene rings is 1. The third-order valence-electron chi connectivity index (χ3n) is 2.88. The SMILES string of the molecule is Nc1ccc(Cn2nnnc2C(F)(F)C(F)(F)C(F)(F)F)cc1. The van der Waals surface area contributed by atoms with Gasteiger partial charge in [0.25, 0.3) is 0 Å². The van der Waals surface area contributed by atoms with Crippen LogP contribution in [0.5, 0.6) is 0 Å². The molecule has 0 fully saturated rings. The minimum Gasteiger partial charge on any atom is -0.399 e. The number of hydrogen-bond donors (Lipinski definition) is 1. The summed E-state index contributed by atoms with van der Waals surface area (Å²) in [5.41, 5.74) is 6.04. The fraction of sp³-hybridized carbons (Fsp3) is 0.364. The van der Waals surface area contributed by atoms with Gasteiger partial charge in [-0.05, 0) is 28.1 Å². The molecule has 0 aliphatic carbocycles. The average molecular weight is 343 g/mol. The highest BCUT2D eigenvalue weighted by molar-refractivity contribution is 5.39. The minimum absolute atomic E-state index is 0.172. The molecule has 0 unspecified atom stereocenters. The smallest absolute Gasteiger partial charge is 0.399 e. The number of rotatable bonds is 4. The van der Waals surface area contributed by atoms with Crippen molar-refractivity contribution >= 4 is 5.69 Å². The Hall–Kier alpha value is -2.40. The van der Waals surface area contributed by atoms with E-state index in [-0.39, 0.29) is 10.2 Å². The Kier molecular flexibility index (Phi) is 3.95. The first kappa shape index (κ1) is 17.0. The zero-order chi connectivity index (χ0) is 17.5. The molecule has 0 aliphatic heterocycles. The molecule has 5 nitrogen and oxygen atoms in total. The molecule has 0 saturated heterocycles. The summed E-state index contributed by atoms with van der Waals surface area (Å²) < 4.78 is 90.1. The summed E-state index contributed by atoms with van der Waals surface area (Å²) in [4.78, 5) is 0. The summed E-state index contributed by atoms with van der Waals surface area (Å²) in [6.07, 6.45) is -6.46. The van der Waals surface area contributed by atoms with Gasteiger partial charge in [-0.1, -0.05) is 12.1 Å². The number of alkyl halides is 7. The van der Waals surface area contributed by atoms with Crippen molar-refractivity contribution < 1.29 is 30.7 Å². The van der Waals surface area contributed by atoms with Gasteiger partial charge in [0.1, 0.15) is 0 Å². The van der Waals surface area contributed by atoms with Crippen LogP contribution in [0.25, 0.3) is 0 Å². The zero-order valence-corrected chi connectivity index (χ0v) is 11.0. The Morgan fingerprint density at radius 3 is 2.04 bits per heavy atom. The molecule has 1 aromatic carbocycles. The van der Waals surface area contributed by atoms with E-state index in [9.17, 15) is 30.7 Å². The second kappa shape index (κ2) is 5.35. The first-order valence-electron chi connectivity index (χ1n) is 5.90. The van der Waals surface area contributed by atoms with Crippen molar-refractivity contribution in [2.45, 2.75) is 24.6 Å². The lowest BCUT2D eigenvalue weighted by Gasteiger charge is -2.27. The Bertz CT molecular complexity index is 677. The predicted octanol–water partition coefficient (Wildman–Crippen LogP) is 2.59. The average Bonchev–Trinajstić information content (AvgIpc) is 2.88. The van der Waals surface area contributed by atoms with Crippen LogP contribution in [0, 0.1) is 0 Å². The molecule has 12 heteroatoms. The number of halogens is 7. The van der Waals surface area contributed by atoms with Crippen LogP contribution in [0.15, 0.2) is 24.3 Å². The van der Waals surface area contributed by atoms with Gasteiger partial charge in [0.2, 0.25) is 5.82 Å². The van der Waals surface area contributed by atoms with E-state index in [2.05, 4.69) is 15.5 Å². The topological polar surface area (TPSA) is 69.6 Å². The van der Waals surface area contributed by atoms with Crippen LogP contribution >= 0.6 is 0 Å². The van der Waals surface area contributed by atoms with E-state index in [4.69, 9.17) is 5.73 Å². The van der Waals surface area contributed by atoms with Gasteiger partial charge >= 0.3 is 18.0 Å². The molecule has 23 heavy (non-hydrogen) atoms. The molecule has 0 bridgehead atoms. The largest absolute Gasteiger partial charge is 0.460 e. The van der Waals surface area contributed by atoms with Crippen molar-refractivity contribution in [3.05, 3.63) is 35.7 Å². The van der Waals surface area contributed by atoms with Gasteiger partial charge in [0.05, 0.1) is 6.54 Å². The van der Waals surface area contributed by atoms with Crippen molar-refractivity contribution in [2.24, 2.45) is 0 Å². The number of aromatic nitrogens is 4. The molecule has 0 saturated carbocycles. The molecular weight excluding hydrogens is 335 g/mol. The Morgan fingerprint density at radius 2 is 1.52 bits per heavy atom. The molecule has 1 heterocycles. The highest BCUT2D eigenvalue weighted by atomic mass is 19.4. The molecule has 2 rings (SSSR count). The summed E-state index contributed by atoms with van der Waals surface area (Å²) in [6, 6.07) is 5.51. The monoisotopic (exact) mass is 343 g/mol. The highest BCUT2D eigenvalue weighted by Gasteiger charge is 2.75. The zero-order valence-electron chi connectivity index (χ0n) is 11.0. The number of nitrogens with two attached hydrogens (primary N) is 1. The maximum Gasteiger partial charge on any atom is 0.460 e. The van der Waals surface area contributed by atoms with Gasteiger partial charge in [-0.25, -0.2) is 4.68 Å². The predicted molar refractivity (Wildman–Crippen MR) is 62.7 cm³/mol. The number of tetrazole rings is 1. The second-order valence-electron chi connectivity index (χ2n) is 4.55. The summed E-state index contributed by atoms with van der Waals surface area (Å²) in [5.74, 6) is -13.9. The van der Waals surface area contributed by atoms with Crippen LogP contribution < -0.4 is 5.73 Å². The first-order chi connectivity index (χ1) is 10.5. The number of hydrogen-bond acceptors (Lipinski definition) is 4. The highest BCUT2D eigenvalue weighted by Crippen LogP contribution is 2.51. The van der Waals surface area contributed by atoms with Crippen molar-refractivity contribution in [1.82, 2.24) is 20.2 Å². The van der Waals surface area contributed by atoms with Crippen molar-refractivity contribution in [1.29, 1.82) is 0 Å². The summed E-state index contributed by atoms with van der Waals surface area (Å²) in [7, 11) is 0. The number of nitrogen functional groups attached to an aromatic ring is 1. The van der Waals surface area contributed by atoms with Gasteiger partial charge < -0.3 is 5.73 Å². The summed E-state index contributed by atoms with van der Waals surface area (Å²) >= 11 is 0. The van der Waals surface area contributed by atoms with Crippen LogP contribution in [0.3, 0.4) is 0 Å². The number of nitrogens with zero attached hydrogens (tertiary/aromatic N) is 4. The van der Waals surface area contributed by atoms with Gasteiger partial charge in [-0.3, -0.25) is 0 Å². The normalized spacial score (nSPS) is 13.3. The van der Waals surface area contributed by atoms with Gasteiger partial charge in [0.15, 0.2) is 0 Å². The molecule has 0 amide bonds. The quantitative estimate of drug-likeness (QED) is 0.684. The lowest BCUT2D eigenvalue weighted by molar-refractivity contribution is -0.362. The van der Waals surface area contributed by atoms with Crippen LogP contribution in [0.4, 0.5) is 36.4 Å².